The van der Waals surface area contributed by atoms with Gasteiger partial charge in [-0.25, -0.2) is 14.6 Å². The van der Waals surface area contributed by atoms with E-state index in [-0.39, 0.29) is 5.15 Å². The predicted octanol–water partition coefficient (Wildman–Crippen LogP) is 1.79. The van der Waals surface area contributed by atoms with Crippen LogP contribution in [0.2, 0.25) is 5.15 Å². The van der Waals surface area contributed by atoms with E-state index in [1.165, 1.54) is 19.2 Å². The summed E-state index contributed by atoms with van der Waals surface area (Å²) in [7, 11) is 0. The van der Waals surface area contributed by atoms with Crippen LogP contribution in [0.15, 0.2) is 18.3 Å². The summed E-state index contributed by atoms with van der Waals surface area (Å²) in [4.78, 5) is 27.3. The minimum atomic E-state index is -1.44. The summed E-state index contributed by atoms with van der Waals surface area (Å²) in [5.74, 6) is -1.39. The second-order valence-electron chi connectivity index (χ2n) is 5.73. The zero-order valence-electron chi connectivity index (χ0n) is 12.5. The quantitative estimate of drug-likeness (QED) is 0.673. The van der Waals surface area contributed by atoms with Gasteiger partial charge in [0.25, 0.3) is 0 Å². The highest BCUT2D eigenvalue weighted by atomic mass is 35.5. The minimum Gasteiger partial charge on any atom is -0.457 e. The predicted molar refractivity (Wildman–Crippen MR) is 77.6 cm³/mol. The lowest BCUT2D eigenvalue weighted by molar-refractivity contribution is -0.168. The van der Waals surface area contributed by atoms with E-state index >= 15 is 0 Å². The molecule has 1 heterocycles. The van der Waals surface area contributed by atoms with E-state index < -0.39 is 29.7 Å². The first-order chi connectivity index (χ1) is 9.52. The highest BCUT2D eigenvalue weighted by molar-refractivity contribution is 6.29. The molecule has 7 heteroatoms. The molecule has 6 nitrogen and oxygen atoms in total. The summed E-state index contributed by atoms with van der Waals surface area (Å²) < 4.78 is 9.94. The van der Waals surface area contributed by atoms with Gasteiger partial charge in [0, 0.05) is 6.20 Å². The number of esters is 2. The molecule has 0 amide bonds. The Balaban J connectivity index is 2.68. The summed E-state index contributed by atoms with van der Waals surface area (Å²) in [6.07, 6.45) is 1.43. The standard InChI is InChI=1S/C14H19ClN2O4/c1-13(2,3)21-11(18)8-20-12(19)14(4,16)9-5-6-17-10(15)7-9/h5-7H,8,16H2,1-4H3. The van der Waals surface area contributed by atoms with E-state index in [4.69, 9.17) is 26.8 Å². The first kappa shape index (κ1) is 17.4. The fraction of sp³-hybridized carbons (Fsp3) is 0.500. The van der Waals surface area contributed by atoms with Crippen molar-refractivity contribution in [1.29, 1.82) is 0 Å². The van der Waals surface area contributed by atoms with Crippen LogP contribution in [0, 0.1) is 0 Å². The van der Waals surface area contributed by atoms with Gasteiger partial charge in [0.2, 0.25) is 0 Å². The van der Waals surface area contributed by atoms with Gasteiger partial charge in [-0.3, -0.25) is 0 Å². The lowest BCUT2D eigenvalue weighted by Gasteiger charge is -2.24. The third kappa shape index (κ3) is 5.32. The molecule has 0 saturated heterocycles. The van der Waals surface area contributed by atoms with Crippen molar-refractivity contribution in [3.8, 4) is 0 Å². The van der Waals surface area contributed by atoms with Gasteiger partial charge < -0.3 is 15.2 Å². The Morgan fingerprint density at radius 1 is 1.33 bits per heavy atom. The molecule has 0 aromatic carbocycles. The number of nitrogens with two attached hydrogens (primary N) is 1. The highest BCUT2D eigenvalue weighted by Crippen LogP contribution is 2.21. The highest BCUT2D eigenvalue weighted by Gasteiger charge is 2.33. The lowest BCUT2D eigenvalue weighted by atomic mass is 9.94. The largest absolute Gasteiger partial charge is 0.457 e. The van der Waals surface area contributed by atoms with Gasteiger partial charge in [-0.1, -0.05) is 11.6 Å². The summed E-state index contributed by atoms with van der Waals surface area (Å²) in [6.45, 7) is 6.13. The van der Waals surface area contributed by atoms with Crippen LogP contribution in [0.25, 0.3) is 0 Å². The zero-order chi connectivity index (χ0) is 16.3. The number of hydrogen-bond donors (Lipinski definition) is 1. The van der Waals surface area contributed by atoms with E-state index in [2.05, 4.69) is 4.98 Å². The van der Waals surface area contributed by atoms with Crippen LogP contribution < -0.4 is 5.73 Å². The summed E-state index contributed by atoms with van der Waals surface area (Å²) in [5.41, 5.74) is 4.31. The minimum absolute atomic E-state index is 0.212. The number of aromatic nitrogens is 1. The third-order valence-corrected chi connectivity index (χ3v) is 2.70. The molecular formula is C14H19ClN2O4. The van der Waals surface area contributed by atoms with E-state index in [9.17, 15) is 9.59 Å². The third-order valence-electron chi connectivity index (χ3n) is 2.49. The van der Waals surface area contributed by atoms with Crippen LogP contribution in [-0.4, -0.2) is 29.1 Å². The van der Waals surface area contributed by atoms with Crippen molar-refractivity contribution in [1.82, 2.24) is 4.98 Å². The number of rotatable bonds is 4. The molecule has 0 aliphatic carbocycles. The van der Waals surface area contributed by atoms with E-state index in [1.54, 1.807) is 26.8 Å². The molecular weight excluding hydrogens is 296 g/mol. The molecule has 2 N–H and O–H groups in total. The monoisotopic (exact) mass is 314 g/mol. The van der Waals surface area contributed by atoms with Crippen LogP contribution in [0.5, 0.6) is 0 Å². The zero-order valence-corrected chi connectivity index (χ0v) is 13.2. The average Bonchev–Trinajstić information content (AvgIpc) is 2.33. The second-order valence-corrected chi connectivity index (χ2v) is 6.12. The summed E-state index contributed by atoms with van der Waals surface area (Å²) in [6, 6.07) is 3.02. The Bertz CT molecular complexity index is 538. The van der Waals surface area contributed by atoms with Gasteiger partial charge in [0.1, 0.15) is 16.3 Å². The Morgan fingerprint density at radius 2 is 1.95 bits per heavy atom. The van der Waals surface area contributed by atoms with Crippen LogP contribution >= 0.6 is 11.6 Å². The van der Waals surface area contributed by atoms with Crippen molar-refractivity contribution in [3.05, 3.63) is 29.0 Å². The first-order valence-corrected chi connectivity index (χ1v) is 6.70. The molecule has 21 heavy (non-hydrogen) atoms. The van der Waals surface area contributed by atoms with Crippen LogP contribution in [0.4, 0.5) is 0 Å². The molecule has 1 aromatic heterocycles. The van der Waals surface area contributed by atoms with Crippen molar-refractivity contribution in [2.75, 3.05) is 6.61 Å². The van der Waals surface area contributed by atoms with Crippen molar-refractivity contribution in [2.24, 2.45) is 5.73 Å². The fourth-order valence-corrected chi connectivity index (χ4v) is 1.66. The van der Waals surface area contributed by atoms with Crippen molar-refractivity contribution < 1.29 is 19.1 Å². The normalized spacial score (nSPS) is 14.2. The van der Waals surface area contributed by atoms with Crippen LogP contribution in [0.3, 0.4) is 0 Å². The van der Waals surface area contributed by atoms with Crippen molar-refractivity contribution in [3.63, 3.8) is 0 Å². The molecule has 0 bridgehead atoms. The number of pyridine rings is 1. The number of nitrogens with zero attached hydrogens (tertiary/aromatic N) is 1. The van der Waals surface area contributed by atoms with Gasteiger partial charge in [-0.2, -0.15) is 0 Å². The van der Waals surface area contributed by atoms with Gasteiger partial charge in [-0.05, 0) is 45.4 Å². The molecule has 0 saturated carbocycles. The first-order valence-electron chi connectivity index (χ1n) is 6.32. The lowest BCUT2D eigenvalue weighted by Crippen LogP contribution is -2.44. The van der Waals surface area contributed by atoms with Gasteiger partial charge in [-0.15, -0.1) is 0 Å². The maximum atomic E-state index is 12.0. The summed E-state index contributed by atoms with van der Waals surface area (Å²) in [5, 5.41) is 0.212. The number of carbonyl (C=O) groups is 2. The van der Waals surface area contributed by atoms with Gasteiger partial charge >= 0.3 is 11.9 Å². The SMILES string of the molecule is CC(C)(C)OC(=O)COC(=O)C(C)(N)c1ccnc(Cl)c1. The maximum absolute atomic E-state index is 12.0. The number of carbonyl (C=O) groups excluding carboxylic acids is 2. The fourth-order valence-electron chi connectivity index (χ4n) is 1.49. The smallest absolute Gasteiger partial charge is 0.344 e. The molecule has 1 atom stereocenters. The molecule has 0 fully saturated rings. The van der Waals surface area contributed by atoms with E-state index in [0.717, 1.165) is 0 Å². The van der Waals surface area contributed by atoms with Gasteiger partial charge in [0.15, 0.2) is 6.61 Å². The maximum Gasteiger partial charge on any atom is 0.344 e. The number of halogens is 1. The number of hydrogen-bond acceptors (Lipinski definition) is 6. The van der Waals surface area contributed by atoms with E-state index in [0.29, 0.717) is 5.56 Å². The van der Waals surface area contributed by atoms with Crippen LogP contribution in [-0.2, 0) is 24.6 Å². The van der Waals surface area contributed by atoms with Gasteiger partial charge in [0.05, 0.1) is 0 Å². The van der Waals surface area contributed by atoms with Crippen LogP contribution in [0.1, 0.15) is 33.3 Å². The topological polar surface area (TPSA) is 91.5 Å². The number of ether oxygens (including phenoxy) is 2. The molecule has 0 aliphatic heterocycles. The van der Waals surface area contributed by atoms with Crippen molar-refractivity contribution >= 4 is 23.5 Å². The molecule has 1 aromatic rings. The Hall–Kier alpha value is -1.66. The molecule has 1 rings (SSSR count). The summed E-state index contributed by atoms with van der Waals surface area (Å²) >= 11 is 5.76. The molecule has 0 radical (unpaired) electrons. The Labute approximate surface area is 128 Å². The average molecular weight is 315 g/mol. The molecule has 0 aliphatic rings. The molecule has 1 unspecified atom stereocenters. The molecule has 0 spiro atoms. The second kappa shape index (κ2) is 6.41. The molecule has 116 valence electrons. The Kier molecular flexibility index (Phi) is 5.31. The Morgan fingerprint density at radius 3 is 2.48 bits per heavy atom. The van der Waals surface area contributed by atoms with Crippen molar-refractivity contribution in [2.45, 2.75) is 38.8 Å². The van der Waals surface area contributed by atoms with E-state index in [1.807, 2.05) is 0 Å².